The van der Waals surface area contributed by atoms with Crippen LogP contribution in [-0.4, -0.2) is 40.6 Å². The quantitative estimate of drug-likeness (QED) is 0.516. The van der Waals surface area contributed by atoms with Gasteiger partial charge in [-0.3, -0.25) is 9.69 Å². The summed E-state index contributed by atoms with van der Waals surface area (Å²) in [6, 6.07) is 11.1. The van der Waals surface area contributed by atoms with E-state index in [2.05, 4.69) is 25.5 Å². The number of nitrogens with zero attached hydrogens (tertiary/aromatic N) is 3. The fourth-order valence-corrected chi connectivity index (χ4v) is 3.65. The molecule has 178 valence electrons. The minimum atomic E-state index is -4.44. The first-order valence-corrected chi connectivity index (χ1v) is 10.8. The van der Waals surface area contributed by atoms with Gasteiger partial charge in [0.15, 0.2) is 6.23 Å². The van der Waals surface area contributed by atoms with E-state index in [1.807, 2.05) is 19.2 Å². The second kappa shape index (κ2) is 10.1. The number of likely N-dealkylation sites (tertiary alicyclic amines) is 1. The normalized spacial score (nSPS) is 16.3. The Kier molecular flexibility index (Phi) is 6.97. The molecule has 2 N–H and O–H groups in total. The van der Waals surface area contributed by atoms with Crippen LogP contribution in [0.25, 0.3) is 0 Å². The van der Waals surface area contributed by atoms with Crippen LogP contribution in [0.1, 0.15) is 34.3 Å². The maximum atomic E-state index is 12.8. The zero-order chi connectivity index (χ0) is 24.1. The predicted octanol–water partition coefficient (Wildman–Crippen LogP) is 4.79. The summed E-state index contributed by atoms with van der Waals surface area (Å²) in [6.07, 6.45) is 0.817. The number of halogens is 3. The number of carbonyl (C=O) groups is 1. The van der Waals surface area contributed by atoms with E-state index in [-0.39, 0.29) is 17.5 Å². The largest absolute Gasteiger partial charge is 0.458 e. The SMILES string of the molecule is CN1CCCC1Oc1cc(CNc2ncccc2C(=O)Nc2ccc(C(F)(F)F)cc2)ccn1. The second-order valence-corrected chi connectivity index (χ2v) is 7.98. The highest BCUT2D eigenvalue weighted by atomic mass is 19.4. The van der Waals surface area contributed by atoms with Gasteiger partial charge in [0, 0.05) is 37.2 Å². The van der Waals surface area contributed by atoms with Gasteiger partial charge in [0.1, 0.15) is 5.82 Å². The van der Waals surface area contributed by atoms with Gasteiger partial charge >= 0.3 is 6.18 Å². The van der Waals surface area contributed by atoms with Gasteiger partial charge in [-0.1, -0.05) is 0 Å². The molecule has 0 radical (unpaired) electrons. The lowest BCUT2D eigenvalue weighted by molar-refractivity contribution is -0.137. The molecule has 1 fully saturated rings. The lowest BCUT2D eigenvalue weighted by atomic mass is 10.2. The van der Waals surface area contributed by atoms with E-state index in [0.717, 1.165) is 37.1 Å². The summed E-state index contributed by atoms with van der Waals surface area (Å²) >= 11 is 0. The Morgan fingerprint density at radius 1 is 1.15 bits per heavy atom. The Hall–Kier alpha value is -3.66. The highest BCUT2D eigenvalue weighted by molar-refractivity contribution is 6.07. The average molecular weight is 471 g/mol. The minimum Gasteiger partial charge on any atom is -0.458 e. The molecule has 4 rings (SSSR count). The first-order chi connectivity index (χ1) is 16.3. The monoisotopic (exact) mass is 471 g/mol. The van der Waals surface area contributed by atoms with Gasteiger partial charge in [0.2, 0.25) is 5.88 Å². The van der Waals surface area contributed by atoms with Gasteiger partial charge in [-0.05, 0) is 67.9 Å². The molecule has 3 heterocycles. The maximum absolute atomic E-state index is 12.8. The van der Waals surface area contributed by atoms with Crippen molar-refractivity contribution in [2.75, 3.05) is 24.2 Å². The molecule has 7 nitrogen and oxygen atoms in total. The van der Waals surface area contributed by atoms with E-state index in [0.29, 0.717) is 18.2 Å². The van der Waals surface area contributed by atoms with Gasteiger partial charge in [0.05, 0.1) is 11.1 Å². The van der Waals surface area contributed by atoms with Gasteiger partial charge < -0.3 is 15.4 Å². The van der Waals surface area contributed by atoms with Crippen molar-refractivity contribution in [2.45, 2.75) is 31.8 Å². The molecule has 34 heavy (non-hydrogen) atoms. The van der Waals surface area contributed by atoms with E-state index in [9.17, 15) is 18.0 Å². The molecule has 2 aromatic heterocycles. The Labute approximate surface area is 195 Å². The molecule has 1 aliphatic heterocycles. The van der Waals surface area contributed by atoms with Crippen molar-refractivity contribution in [3.05, 3.63) is 77.6 Å². The van der Waals surface area contributed by atoms with Gasteiger partial charge in [-0.15, -0.1) is 0 Å². The summed E-state index contributed by atoms with van der Waals surface area (Å²) in [5.41, 5.74) is 0.626. The van der Waals surface area contributed by atoms with Crippen LogP contribution in [0.4, 0.5) is 24.7 Å². The third-order valence-electron chi connectivity index (χ3n) is 5.49. The number of benzene rings is 1. The molecule has 0 spiro atoms. The van der Waals surface area contributed by atoms with E-state index in [1.165, 1.54) is 12.1 Å². The van der Waals surface area contributed by atoms with Crippen LogP contribution in [0.5, 0.6) is 5.88 Å². The van der Waals surface area contributed by atoms with Crippen LogP contribution < -0.4 is 15.4 Å². The summed E-state index contributed by atoms with van der Waals surface area (Å²) in [7, 11) is 2.02. The minimum absolute atomic E-state index is 0.00648. The number of hydrogen-bond acceptors (Lipinski definition) is 6. The van der Waals surface area contributed by atoms with Crippen molar-refractivity contribution in [3.8, 4) is 5.88 Å². The maximum Gasteiger partial charge on any atom is 0.416 e. The van der Waals surface area contributed by atoms with Crippen molar-refractivity contribution in [2.24, 2.45) is 0 Å². The van der Waals surface area contributed by atoms with Crippen LogP contribution in [0.3, 0.4) is 0 Å². The number of anilines is 2. The number of aromatic nitrogens is 2. The summed E-state index contributed by atoms with van der Waals surface area (Å²) < 4.78 is 44.2. The van der Waals surface area contributed by atoms with E-state index < -0.39 is 17.6 Å². The summed E-state index contributed by atoms with van der Waals surface area (Å²) in [6.45, 7) is 1.36. The predicted molar refractivity (Wildman–Crippen MR) is 121 cm³/mol. The third kappa shape index (κ3) is 5.82. The van der Waals surface area contributed by atoms with E-state index in [4.69, 9.17) is 4.74 Å². The number of nitrogens with one attached hydrogen (secondary N) is 2. The molecule has 0 saturated carbocycles. The van der Waals surface area contributed by atoms with Crippen molar-refractivity contribution >= 4 is 17.4 Å². The number of ether oxygens (including phenoxy) is 1. The number of rotatable bonds is 7. The molecule has 1 atom stereocenters. The number of alkyl halides is 3. The van der Waals surface area contributed by atoms with Crippen LogP contribution >= 0.6 is 0 Å². The number of carbonyl (C=O) groups excluding carboxylic acids is 1. The highest BCUT2D eigenvalue weighted by Crippen LogP contribution is 2.30. The Morgan fingerprint density at radius 2 is 1.94 bits per heavy atom. The van der Waals surface area contributed by atoms with Crippen molar-refractivity contribution in [1.82, 2.24) is 14.9 Å². The first kappa shape index (κ1) is 23.5. The van der Waals surface area contributed by atoms with Gasteiger partial charge in [-0.25, -0.2) is 9.97 Å². The highest BCUT2D eigenvalue weighted by Gasteiger charge is 2.30. The second-order valence-electron chi connectivity index (χ2n) is 7.98. The molecule has 3 aromatic rings. The van der Waals surface area contributed by atoms with Gasteiger partial charge in [-0.2, -0.15) is 13.2 Å². The molecule has 1 amide bonds. The van der Waals surface area contributed by atoms with Crippen LogP contribution in [0.15, 0.2) is 60.9 Å². The Balaban J connectivity index is 1.41. The lowest BCUT2D eigenvalue weighted by Crippen LogP contribution is -2.30. The summed E-state index contributed by atoms with van der Waals surface area (Å²) in [4.78, 5) is 23.4. The molecule has 0 aliphatic carbocycles. The van der Waals surface area contributed by atoms with Crippen molar-refractivity contribution in [3.63, 3.8) is 0 Å². The molecule has 10 heteroatoms. The molecule has 0 bridgehead atoms. The Morgan fingerprint density at radius 3 is 2.65 bits per heavy atom. The fraction of sp³-hybridized carbons (Fsp3) is 0.292. The summed E-state index contributed by atoms with van der Waals surface area (Å²) in [5, 5.41) is 5.75. The average Bonchev–Trinajstić information content (AvgIpc) is 3.22. The molecule has 1 aromatic carbocycles. The van der Waals surface area contributed by atoms with E-state index >= 15 is 0 Å². The number of hydrogen-bond donors (Lipinski definition) is 2. The number of pyridine rings is 2. The zero-order valence-electron chi connectivity index (χ0n) is 18.5. The Bertz CT molecular complexity index is 1140. The van der Waals surface area contributed by atoms with Crippen molar-refractivity contribution < 1.29 is 22.7 Å². The zero-order valence-corrected chi connectivity index (χ0v) is 18.5. The van der Waals surface area contributed by atoms with Crippen LogP contribution in [-0.2, 0) is 12.7 Å². The van der Waals surface area contributed by atoms with E-state index in [1.54, 1.807) is 24.5 Å². The fourth-order valence-electron chi connectivity index (χ4n) is 3.65. The topological polar surface area (TPSA) is 79.4 Å². The third-order valence-corrected chi connectivity index (χ3v) is 5.49. The molecular weight excluding hydrogens is 447 g/mol. The molecule has 1 aliphatic rings. The van der Waals surface area contributed by atoms with Crippen molar-refractivity contribution in [1.29, 1.82) is 0 Å². The van der Waals surface area contributed by atoms with Gasteiger partial charge in [0.25, 0.3) is 5.91 Å². The molecule has 1 unspecified atom stereocenters. The smallest absolute Gasteiger partial charge is 0.416 e. The first-order valence-electron chi connectivity index (χ1n) is 10.8. The standard InChI is InChI=1S/C24H24F3N5O2/c1-32-13-3-5-21(32)34-20-14-16(10-12-28-20)15-30-22-19(4-2-11-29-22)23(33)31-18-8-6-17(7-9-18)24(25,26)27/h2,4,6-12,14,21H,3,5,13,15H2,1H3,(H,29,30)(H,31,33). The molecular formula is C24H24F3N5O2. The van der Waals surface area contributed by atoms with Crippen LogP contribution in [0, 0.1) is 0 Å². The van der Waals surface area contributed by atoms with Crippen LogP contribution in [0.2, 0.25) is 0 Å². The molecule has 1 saturated heterocycles. The number of amides is 1. The summed E-state index contributed by atoms with van der Waals surface area (Å²) in [5.74, 6) is 0.388. The lowest BCUT2D eigenvalue weighted by Gasteiger charge is -2.20.